The highest BCUT2D eigenvalue weighted by atomic mass is 32.1. The largest absolute Gasteiger partial charge is 0.249 e. The van der Waals surface area contributed by atoms with E-state index >= 15 is 0 Å². The Hall–Kier alpha value is -2.93. The first kappa shape index (κ1) is 24.1. The molecule has 4 aromatic heterocycles. The Bertz CT molecular complexity index is 2040. The van der Waals surface area contributed by atoms with Gasteiger partial charge in [0.05, 0.1) is 57.0 Å². The van der Waals surface area contributed by atoms with Gasteiger partial charge in [-0.2, -0.15) is 26.2 Å². The van der Waals surface area contributed by atoms with Gasteiger partial charge in [-0.15, -0.1) is 12.6 Å². The van der Waals surface area contributed by atoms with E-state index in [2.05, 4.69) is 43.5 Å². The summed E-state index contributed by atoms with van der Waals surface area (Å²) in [5.41, 5.74) is 12.5. The van der Waals surface area contributed by atoms with Crippen LogP contribution < -0.4 is 0 Å². The van der Waals surface area contributed by atoms with Crippen LogP contribution >= 0.6 is 47.8 Å². The Morgan fingerprint density at radius 3 is 1.87 bits per heavy atom. The molecule has 7 aromatic rings. The fraction of sp³-hybridized carbons (Fsp3) is 0.308. The number of nitrogens with zero attached hydrogens (tertiary/aromatic N) is 8. The molecule has 7 rings (SSSR count). The molecule has 0 fully saturated rings. The Kier molecular flexibility index (Phi) is 5.76. The summed E-state index contributed by atoms with van der Waals surface area (Å²) in [5.74, 6) is 0.162. The number of fused-ring (bicyclic) bond motifs is 7. The van der Waals surface area contributed by atoms with Gasteiger partial charge in [0.1, 0.15) is 38.6 Å². The van der Waals surface area contributed by atoms with Gasteiger partial charge in [-0.3, -0.25) is 0 Å². The molecule has 0 N–H and O–H groups in total. The molecule has 0 aliphatic heterocycles. The highest BCUT2D eigenvalue weighted by Crippen LogP contribution is 2.39. The molecule has 0 aliphatic carbocycles. The van der Waals surface area contributed by atoms with Crippen molar-refractivity contribution in [1.29, 1.82) is 0 Å². The Morgan fingerprint density at radius 1 is 0.684 bits per heavy atom. The summed E-state index contributed by atoms with van der Waals surface area (Å²) in [7, 11) is 0. The number of benzene rings is 3. The quantitative estimate of drug-likeness (QED) is 0.219. The second-order valence-electron chi connectivity index (χ2n) is 9.70. The second kappa shape index (κ2) is 9.08. The first-order valence-electron chi connectivity index (χ1n) is 12.4. The van der Waals surface area contributed by atoms with Gasteiger partial charge in [-0.25, -0.2) is 9.97 Å². The number of thiol groups is 1. The van der Waals surface area contributed by atoms with Crippen LogP contribution in [0, 0.1) is 13.8 Å². The summed E-state index contributed by atoms with van der Waals surface area (Å²) in [5, 5.41) is 2.20. The molecule has 0 amide bonds. The maximum Gasteiger partial charge on any atom is 0.120 e. The summed E-state index contributed by atoms with van der Waals surface area (Å²) in [6, 6.07) is 4.46. The molecular formula is C26H22N8S4. The summed E-state index contributed by atoms with van der Waals surface area (Å²) in [6.07, 6.45) is 2.61. The fourth-order valence-electron chi connectivity index (χ4n) is 5.33. The summed E-state index contributed by atoms with van der Waals surface area (Å²) in [6.45, 7) is 8.36. The molecule has 1 unspecified atom stereocenters. The predicted molar refractivity (Wildman–Crippen MR) is 159 cm³/mol. The van der Waals surface area contributed by atoms with Crippen molar-refractivity contribution in [1.82, 2.24) is 36.2 Å². The molecule has 190 valence electrons. The van der Waals surface area contributed by atoms with Crippen LogP contribution in [0.15, 0.2) is 17.0 Å². The van der Waals surface area contributed by atoms with Crippen molar-refractivity contribution >= 4 is 103 Å². The lowest BCUT2D eigenvalue weighted by Crippen LogP contribution is -2.04. The van der Waals surface area contributed by atoms with E-state index in [1.807, 2.05) is 13.8 Å². The zero-order chi connectivity index (χ0) is 26.1. The van der Waals surface area contributed by atoms with Crippen molar-refractivity contribution in [2.45, 2.75) is 57.8 Å². The molecule has 4 heterocycles. The number of hydrogen-bond donors (Lipinski definition) is 1. The van der Waals surface area contributed by atoms with Crippen LogP contribution in [0.2, 0.25) is 0 Å². The van der Waals surface area contributed by atoms with E-state index in [4.69, 9.17) is 31.3 Å². The van der Waals surface area contributed by atoms with Crippen molar-refractivity contribution < 1.29 is 0 Å². The molecule has 38 heavy (non-hydrogen) atoms. The molecule has 3 aromatic carbocycles. The topological polar surface area (TPSA) is 103 Å². The highest BCUT2D eigenvalue weighted by Gasteiger charge is 2.24. The van der Waals surface area contributed by atoms with Crippen LogP contribution in [-0.4, -0.2) is 36.2 Å². The lowest BCUT2D eigenvalue weighted by atomic mass is 9.90. The standard InChI is InChI=1S/C26H22N8S4/c1-5-13-8-15-16(20-18(13)29-36-31-20)9-14(19-21(15)32-37-30-19)7-6-10(2)17-22-24(28-12(4)11(3)27-22)26(35)25-23(17)33-38-34-25/h8-10,35H,5-7H2,1-4H3. The second-order valence-corrected chi connectivity index (χ2v) is 11.7. The van der Waals surface area contributed by atoms with Gasteiger partial charge in [0.25, 0.3) is 0 Å². The number of aryl methyl sites for hydroxylation is 4. The van der Waals surface area contributed by atoms with E-state index in [0.29, 0.717) is 0 Å². The van der Waals surface area contributed by atoms with Crippen molar-refractivity contribution in [2.24, 2.45) is 0 Å². The lowest BCUT2D eigenvalue weighted by Gasteiger charge is -2.17. The van der Waals surface area contributed by atoms with Crippen LogP contribution in [0.5, 0.6) is 0 Å². The SMILES string of the molecule is CCc1cc2c(cc(CCC(C)c3c4nsnc4c(S)c4nc(C)c(C)nc34)c3nsnc32)c2nsnc12. The van der Waals surface area contributed by atoms with E-state index in [1.54, 1.807) is 0 Å². The van der Waals surface area contributed by atoms with Gasteiger partial charge in [-0.1, -0.05) is 13.8 Å². The minimum atomic E-state index is 0.162. The number of rotatable bonds is 5. The minimum Gasteiger partial charge on any atom is -0.249 e. The molecule has 0 saturated carbocycles. The number of hydrogen-bond acceptors (Lipinski definition) is 12. The van der Waals surface area contributed by atoms with Crippen LogP contribution in [0.25, 0.3) is 54.9 Å². The molecule has 0 radical (unpaired) electrons. The number of aromatic nitrogens is 8. The zero-order valence-electron chi connectivity index (χ0n) is 21.1. The monoisotopic (exact) mass is 574 g/mol. The molecule has 8 nitrogen and oxygen atoms in total. The third-order valence-electron chi connectivity index (χ3n) is 7.50. The third kappa shape index (κ3) is 3.54. The Labute approximate surface area is 235 Å². The molecule has 0 aliphatic rings. The first-order valence-corrected chi connectivity index (χ1v) is 15.0. The molecule has 1 atom stereocenters. The molecule has 0 saturated heterocycles. The van der Waals surface area contributed by atoms with Crippen LogP contribution in [0.1, 0.15) is 54.3 Å². The maximum atomic E-state index is 4.96. The van der Waals surface area contributed by atoms with Crippen molar-refractivity contribution in [3.05, 3.63) is 40.2 Å². The average molecular weight is 575 g/mol. The van der Waals surface area contributed by atoms with E-state index < -0.39 is 0 Å². The van der Waals surface area contributed by atoms with Gasteiger partial charge in [0, 0.05) is 16.3 Å². The average Bonchev–Trinajstić information content (AvgIpc) is 3.69. The normalized spacial score (nSPS) is 13.1. The van der Waals surface area contributed by atoms with Gasteiger partial charge in [0.2, 0.25) is 0 Å². The highest BCUT2D eigenvalue weighted by molar-refractivity contribution is 7.80. The predicted octanol–water partition coefficient (Wildman–Crippen LogP) is 7.00. The van der Waals surface area contributed by atoms with Crippen molar-refractivity contribution in [3.8, 4) is 0 Å². The third-order valence-corrected chi connectivity index (χ3v) is 9.51. The van der Waals surface area contributed by atoms with E-state index in [9.17, 15) is 0 Å². The maximum absolute atomic E-state index is 4.96. The van der Waals surface area contributed by atoms with Gasteiger partial charge in [-0.05, 0) is 62.3 Å². The van der Waals surface area contributed by atoms with Gasteiger partial charge < -0.3 is 0 Å². The van der Waals surface area contributed by atoms with Crippen LogP contribution in [0.3, 0.4) is 0 Å². The van der Waals surface area contributed by atoms with E-state index in [0.717, 1.165) is 96.0 Å². The summed E-state index contributed by atoms with van der Waals surface area (Å²) >= 11 is 8.51. The van der Waals surface area contributed by atoms with Crippen molar-refractivity contribution in [2.75, 3.05) is 0 Å². The first-order chi connectivity index (χ1) is 18.5. The van der Waals surface area contributed by atoms with Crippen LogP contribution in [0.4, 0.5) is 0 Å². The summed E-state index contributed by atoms with van der Waals surface area (Å²) in [4.78, 5) is 10.5. The Balaban J connectivity index is 1.35. The van der Waals surface area contributed by atoms with Gasteiger partial charge >= 0.3 is 0 Å². The zero-order valence-corrected chi connectivity index (χ0v) is 24.4. The Morgan fingerprint density at radius 2 is 1.21 bits per heavy atom. The lowest BCUT2D eigenvalue weighted by molar-refractivity contribution is 0.688. The fourth-order valence-corrected chi connectivity index (χ4v) is 7.46. The molecule has 0 bridgehead atoms. The molecule has 12 heteroatoms. The van der Waals surface area contributed by atoms with Gasteiger partial charge in [0.15, 0.2) is 0 Å². The summed E-state index contributed by atoms with van der Waals surface area (Å²) < 4.78 is 27.9. The van der Waals surface area contributed by atoms with Crippen LogP contribution in [-0.2, 0) is 12.8 Å². The smallest absolute Gasteiger partial charge is 0.120 e. The minimum absolute atomic E-state index is 0.162. The van der Waals surface area contributed by atoms with E-state index in [-0.39, 0.29) is 5.92 Å². The molecule has 0 spiro atoms. The van der Waals surface area contributed by atoms with E-state index in [1.165, 1.54) is 46.3 Å². The van der Waals surface area contributed by atoms with Crippen molar-refractivity contribution in [3.63, 3.8) is 0 Å². The molecular weight excluding hydrogens is 553 g/mol.